The Balaban J connectivity index is 0.00000420. The Kier molecular flexibility index (Phi) is 11.9. The van der Waals surface area contributed by atoms with Crippen LogP contribution in [0.25, 0.3) is 0 Å². The molecule has 0 atom stereocenters. The van der Waals surface area contributed by atoms with Gasteiger partial charge >= 0.3 is 0 Å². The molecule has 2 aromatic carbocycles. The van der Waals surface area contributed by atoms with Crippen molar-refractivity contribution < 1.29 is 14.3 Å². The van der Waals surface area contributed by atoms with Crippen molar-refractivity contribution in [1.82, 2.24) is 16.0 Å². The van der Waals surface area contributed by atoms with Gasteiger partial charge in [0.2, 0.25) is 0 Å². The molecule has 0 heterocycles. The molecule has 1 amide bonds. The van der Waals surface area contributed by atoms with Crippen LogP contribution < -0.4 is 25.4 Å². The van der Waals surface area contributed by atoms with Gasteiger partial charge in [-0.25, -0.2) is 0 Å². The molecule has 0 aliphatic heterocycles. The number of hydrogen-bond donors (Lipinski definition) is 3. The zero-order valence-electron chi connectivity index (χ0n) is 16.4. The summed E-state index contributed by atoms with van der Waals surface area (Å²) < 4.78 is 10.8. The molecular weight excluding hydrogens is 507 g/mol. The minimum Gasteiger partial charge on any atom is -0.497 e. The highest BCUT2D eigenvalue weighted by Gasteiger charge is 2.08. The van der Waals surface area contributed by atoms with E-state index in [1.807, 2.05) is 24.3 Å². The van der Waals surface area contributed by atoms with E-state index in [0.717, 1.165) is 11.5 Å². The minimum atomic E-state index is -0.205. The molecule has 0 unspecified atom stereocenters. The third kappa shape index (κ3) is 8.78. The average molecular weight is 533 g/mol. The first kappa shape index (κ1) is 24.8. The fourth-order valence-electron chi connectivity index (χ4n) is 2.33. The van der Waals surface area contributed by atoms with Gasteiger partial charge in [-0.15, -0.1) is 24.0 Å². The van der Waals surface area contributed by atoms with Crippen molar-refractivity contribution in [1.29, 1.82) is 0 Å². The third-order valence-corrected chi connectivity index (χ3v) is 4.10. The first-order chi connectivity index (χ1) is 13.6. The summed E-state index contributed by atoms with van der Waals surface area (Å²) in [6, 6.07) is 14.3. The largest absolute Gasteiger partial charge is 0.497 e. The Hall–Kier alpha value is -2.20. The molecule has 0 aromatic heterocycles. The predicted molar refractivity (Wildman–Crippen MR) is 127 cm³/mol. The minimum absolute atomic E-state index is 0. The SMILES string of the molecule is CN=C(NCCNC(=O)c1ccccc1Cl)NCCOc1ccc(OC)cc1.I. The maximum atomic E-state index is 12.1. The summed E-state index contributed by atoms with van der Waals surface area (Å²) in [5.74, 6) is 1.98. The normalized spacial score (nSPS) is 10.5. The van der Waals surface area contributed by atoms with Crippen LogP contribution in [-0.2, 0) is 0 Å². The molecule has 0 radical (unpaired) electrons. The third-order valence-electron chi connectivity index (χ3n) is 3.77. The molecule has 2 aromatic rings. The Labute approximate surface area is 193 Å². The zero-order chi connectivity index (χ0) is 20.2. The topological polar surface area (TPSA) is 84.0 Å². The molecule has 0 spiro atoms. The molecule has 7 nitrogen and oxygen atoms in total. The van der Waals surface area contributed by atoms with Gasteiger partial charge in [-0.2, -0.15) is 0 Å². The van der Waals surface area contributed by atoms with E-state index in [9.17, 15) is 4.79 Å². The average Bonchev–Trinajstić information content (AvgIpc) is 2.73. The molecule has 2 rings (SSSR count). The van der Waals surface area contributed by atoms with Crippen LogP contribution in [0, 0.1) is 0 Å². The van der Waals surface area contributed by atoms with Crippen molar-refractivity contribution in [3.63, 3.8) is 0 Å². The number of guanidine groups is 1. The number of nitrogens with zero attached hydrogens (tertiary/aromatic N) is 1. The Bertz CT molecular complexity index is 788. The van der Waals surface area contributed by atoms with E-state index in [1.165, 1.54) is 0 Å². The van der Waals surface area contributed by atoms with Crippen LogP contribution in [0.5, 0.6) is 11.5 Å². The van der Waals surface area contributed by atoms with Crippen LogP contribution in [0.2, 0.25) is 5.02 Å². The summed E-state index contributed by atoms with van der Waals surface area (Å²) in [5.41, 5.74) is 0.461. The van der Waals surface area contributed by atoms with Gasteiger partial charge in [0.15, 0.2) is 5.96 Å². The number of nitrogens with one attached hydrogen (secondary N) is 3. The van der Waals surface area contributed by atoms with Crippen LogP contribution in [0.1, 0.15) is 10.4 Å². The fourth-order valence-corrected chi connectivity index (χ4v) is 2.55. The number of benzene rings is 2. The lowest BCUT2D eigenvalue weighted by molar-refractivity contribution is 0.0954. The number of hydrogen-bond acceptors (Lipinski definition) is 4. The molecule has 9 heteroatoms. The van der Waals surface area contributed by atoms with Crippen LogP contribution in [0.4, 0.5) is 0 Å². The van der Waals surface area contributed by atoms with Crippen molar-refractivity contribution in [2.45, 2.75) is 0 Å². The van der Waals surface area contributed by atoms with Gasteiger partial charge in [0, 0.05) is 20.1 Å². The molecule has 0 aliphatic rings. The molecule has 29 heavy (non-hydrogen) atoms. The second kappa shape index (κ2) is 13.9. The summed E-state index contributed by atoms with van der Waals surface area (Å²) in [6.45, 7) is 2.02. The number of ether oxygens (including phenoxy) is 2. The maximum Gasteiger partial charge on any atom is 0.252 e. The smallest absolute Gasteiger partial charge is 0.252 e. The molecule has 0 aliphatic carbocycles. The molecule has 0 bridgehead atoms. The maximum absolute atomic E-state index is 12.1. The van der Waals surface area contributed by atoms with E-state index >= 15 is 0 Å². The second-order valence-electron chi connectivity index (χ2n) is 5.69. The van der Waals surface area contributed by atoms with E-state index in [2.05, 4.69) is 20.9 Å². The first-order valence-electron chi connectivity index (χ1n) is 8.88. The van der Waals surface area contributed by atoms with E-state index in [4.69, 9.17) is 21.1 Å². The van der Waals surface area contributed by atoms with Crippen molar-refractivity contribution in [3.8, 4) is 11.5 Å². The summed E-state index contributed by atoms with van der Waals surface area (Å²) in [7, 11) is 3.31. The Morgan fingerprint density at radius 3 is 2.24 bits per heavy atom. The number of carbonyl (C=O) groups excluding carboxylic acids is 1. The lowest BCUT2D eigenvalue weighted by Crippen LogP contribution is -2.42. The van der Waals surface area contributed by atoms with E-state index in [-0.39, 0.29) is 29.9 Å². The summed E-state index contributed by atoms with van der Waals surface area (Å²) in [6.07, 6.45) is 0. The van der Waals surface area contributed by atoms with Crippen LogP contribution >= 0.6 is 35.6 Å². The molecule has 3 N–H and O–H groups in total. The van der Waals surface area contributed by atoms with Crippen LogP contribution in [0.15, 0.2) is 53.5 Å². The summed E-state index contributed by atoms with van der Waals surface area (Å²) in [5, 5.41) is 9.52. The van der Waals surface area contributed by atoms with E-state index < -0.39 is 0 Å². The van der Waals surface area contributed by atoms with Gasteiger partial charge in [-0.05, 0) is 36.4 Å². The highest BCUT2D eigenvalue weighted by Crippen LogP contribution is 2.16. The number of halogens is 2. The first-order valence-corrected chi connectivity index (χ1v) is 9.26. The second-order valence-corrected chi connectivity index (χ2v) is 6.09. The van der Waals surface area contributed by atoms with Crippen molar-refractivity contribution in [3.05, 3.63) is 59.1 Å². The molecular formula is C20H26ClIN4O3. The molecule has 0 saturated carbocycles. The van der Waals surface area contributed by atoms with Crippen molar-refractivity contribution in [2.24, 2.45) is 4.99 Å². The summed E-state index contributed by atoms with van der Waals surface area (Å²) >= 11 is 6.01. The number of methoxy groups -OCH3 is 1. The van der Waals surface area contributed by atoms with Gasteiger partial charge in [-0.3, -0.25) is 9.79 Å². The lowest BCUT2D eigenvalue weighted by atomic mass is 10.2. The summed E-state index contributed by atoms with van der Waals surface area (Å²) in [4.78, 5) is 16.2. The van der Waals surface area contributed by atoms with Gasteiger partial charge in [-0.1, -0.05) is 23.7 Å². The fraction of sp³-hybridized carbons (Fsp3) is 0.300. The van der Waals surface area contributed by atoms with Crippen molar-refractivity contribution >= 4 is 47.4 Å². The Morgan fingerprint density at radius 1 is 0.966 bits per heavy atom. The van der Waals surface area contributed by atoms with Gasteiger partial charge < -0.3 is 25.4 Å². The van der Waals surface area contributed by atoms with Gasteiger partial charge in [0.25, 0.3) is 5.91 Å². The molecule has 158 valence electrons. The Morgan fingerprint density at radius 2 is 1.59 bits per heavy atom. The highest BCUT2D eigenvalue weighted by atomic mass is 127. The predicted octanol–water partition coefficient (Wildman–Crippen LogP) is 2.94. The van der Waals surface area contributed by atoms with Crippen molar-refractivity contribution in [2.75, 3.05) is 40.4 Å². The standard InChI is InChI=1S/C20H25ClN4O3.HI/c1-22-20(25-13-14-28-16-9-7-15(27-2)8-10-16)24-12-11-23-19(26)17-5-3-4-6-18(17)21;/h3-10H,11-14H2,1-2H3,(H,23,26)(H2,22,24,25);1H. The highest BCUT2D eigenvalue weighted by molar-refractivity contribution is 14.0. The monoisotopic (exact) mass is 532 g/mol. The lowest BCUT2D eigenvalue weighted by Gasteiger charge is -2.13. The van der Waals surface area contributed by atoms with E-state index in [1.54, 1.807) is 38.4 Å². The quantitative estimate of drug-likeness (QED) is 0.200. The number of carbonyl (C=O) groups is 1. The van der Waals surface area contributed by atoms with Crippen LogP contribution in [-0.4, -0.2) is 52.3 Å². The zero-order valence-corrected chi connectivity index (χ0v) is 19.5. The van der Waals surface area contributed by atoms with Gasteiger partial charge in [0.1, 0.15) is 18.1 Å². The molecule has 0 saturated heterocycles. The number of aliphatic imine (C=N–C) groups is 1. The number of rotatable bonds is 9. The van der Waals surface area contributed by atoms with Gasteiger partial charge in [0.05, 0.1) is 24.2 Å². The van der Waals surface area contributed by atoms with E-state index in [0.29, 0.717) is 42.8 Å². The van der Waals surface area contributed by atoms with Crippen LogP contribution in [0.3, 0.4) is 0 Å². The number of amides is 1. The molecule has 0 fully saturated rings.